The van der Waals surface area contributed by atoms with Gasteiger partial charge in [-0.05, 0) is 25.7 Å². The van der Waals surface area contributed by atoms with E-state index >= 15 is 0 Å². The van der Waals surface area contributed by atoms with Gasteiger partial charge in [-0.2, -0.15) is 0 Å². The number of hydrogen-bond donors (Lipinski definition) is 0. The van der Waals surface area contributed by atoms with Gasteiger partial charge in [-0.1, -0.05) is 29.0 Å². The fourth-order valence-electron chi connectivity index (χ4n) is 1.21. The van der Waals surface area contributed by atoms with Crippen molar-refractivity contribution >= 4 is 34.2 Å². The lowest BCUT2D eigenvalue weighted by atomic mass is 10.2. The van der Waals surface area contributed by atoms with Gasteiger partial charge in [0.15, 0.2) is 0 Å². The first-order valence-electron chi connectivity index (χ1n) is 3.57. The van der Waals surface area contributed by atoms with Crippen LogP contribution in [0.5, 0.6) is 0 Å². The lowest BCUT2D eigenvalue weighted by Crippen LogP contribution is -1.96. The zero-order valence-corrected chi connectivity index (χ0v) is 8.36. The Balaban J connectivity index is 2.25. The molecule has 2 heteroatoms. The third-order valence-electron chi connectivity index (χ3n) is 1.83. The summed E-state index contributed by atoms with van der Waals surface area (Å²) in [5.74, 6) is 0. The minimum Gasteiger partial charge on any atom is -0.123 e. The van der Waals surface area contributed by atoms with Crippen molar-refractivity contribution < 1.29 is 0 Å². The summed E-state index contributed by atoms with van der Waals surface area (Å²) < 4.78 is 0.895. The summed E-state index contributed by atoms with van der Waals surface area (Å²) in [5, 5.41) is 0.477. The molecule has 0 amide bonds. The molecule has 0 aromatic heterocycles. The summed E-state index contributed by atoms with van der Waals surface area (Å²) in [7, 11) is 0. The quantitative estimate of drug-likeness (QED) is 0.355. The molecule has 0 N–H and O–H groups in total. The molecule has 0 saturated heterocycles. The first kappa shape index (κ1) is 8.12. The van der Waals surface area contributed by atoms with Crippen molar-refractivity contribution in [3.05, 3.63) is 0 Å². The Morgan fingerprint density at radius 1 is 1.11 bits per heavy atom. The lowest BCUT2D eigenvalue weighted by Gasteiger charge is -2.02. The zero-order chi connectivity index (χ0) is 6.69. The average molecular weight is 259 g/mol. The largest absolute Gasteiger partial charge is 0.123 e. The molecule has 1 aliphatic rings. The molecule has 1 rings (SSSR count). The van der Waals surface area contributed by atoms with E-state index in [1.54, 1.807) is 0 Å². The van der Waals surface area contributed by atoms with E-state index in [9.17, 15) is 0 Å². The van der Waals surface area contributed by atoms with Gasteiger partial charge in [0.05, 0.1) is 0 Å². The maximum absolute atomic E-state index is 5.98. The van der Waals surface area contributed by atoms with E-state index in [0.29, 0.717) is 5.38 Å². The molecule has 0 heterocycles. The predicted octanol–water partition coefficient (Wildman–Crippen LogP) is 3.36. The van der Waals surface area contributed by atoms with Crippen LogP contribution in [-0.4, -0.2) is 9.30 Å². The van der Waals surface area contributed by atoms with Crippen LogP contribution in [0.4, 0.5) is 0 Å². The van der Waals surface area contributed by atoms with E-state index in [-0.39, 0.29) is 0 Å². The summed E-state index contributed by atoms with van der Waals surface area (Å²) in [6, 6.07) is 0. The highest BCUT2D eigenvalue weighted by Crippen LogP contribution is 2.26. The molecule has 0 aromatic rings. The van der Waals surface area contributed by atoms with E-state index in [1.807, 2.05) is 0 Å². The highest BCUT2D eigenvalue weighted by molar-refractivity contribution is 14.1. The van der Waals surface area contributed by atoms with E-state index in [4.69, 9.17) is 11.6 Å². The number of hydrogen-bond acceptors (Lipinski definition) is 0. The molecule has 2 unspecified atom stereocenters. The monoisotopic (exact) mass is 258 g/mol. The third kappa shape index (κ3) is 3.08. The maximum Gasteiger partial charge on any atom is 0.0336 e. The molecular formula is C7H12ClI. The molecule has 0 nitrogen and oxygen atoms in total. The lowest BCUT2D eigenvalue weighted by molar-refractivity contribution is 0.711. The van der Waals surface area contributed by atoms with Crippen molar-refractivity contribution in [1.29, 1.82) is 0 Å². The molecule has 2 atom stereocenters. The van der Waals surface area contributed by atoms with Gasteiger partial charge < -0.3 is 0 Å². The van der Waals surface area contributed by atoms with Gasteiger partial charge in [0.1, 0.15) is 0 Å². The fraction of sp³-hybridized carbons (Fsp3) is 1.00. The molecule has 1 saturated carbocycles. The van der Waals surface area contributed by atoms with E-state index in [2.05, 4.69) is 22.6 Å². The molecule has 54 valence electrons. The average Bonchev–Trinajstić information content (AvgIpc) is 1.97. The Bertz CT molecular complexity index is 75.0. The van der Waals surface area contributed by atoms with E-state index < -0.39 is 0 Å². The maximum atomic E-state index is 5.98. The third-order valence-corrected chi connectivity index (χ3v) is 3.51. The number of alkyl halides is 2. The molecule has 9 heavy (non-hydrogen) atoms. The van der Waals surface area contributed by atoms with Gasteiger partial charge >= 0.3 is 0 Å². The zero-order valence-electron chi connectivity index (χ0n) is 5.45. The molecule has 1 aliphatic carbocycles. The summed E-state index contributed by atoms with van der Waals surface area (Å²) in [5.41, 5.74) is 0. The van der Waals surface area contributed by atoms with Crippen molar-refractivity contribution in [2.75, 3.05) is 0 Å². The Morgan fingerprint density at radius 2 is 1.89 bits per heavy atom. The van der Waals surface area contributed by atoms with Crippen molar-refractivity contribution in [3.8, 4) is 0 Å². The molecule has 0 spiro atoms. The van der Waals surface area contributed by atoms with E-state index in [1.165, 1.54) is 32.1 Å². The van der Waals surface area contributed by atoms with Gasteiger partial charge in [-0.15, -0.1) is 11.6 Å². The summed E-state index contributed by atoms with van der Waals surface area (Å²) in [6.45, 7) is 0. The van der Waals surface area contributed by atoms with Gasteiger partial charge in [0.25, 0.3) is 0 Å². The highest BCUT2D eigenvalue weighted by atomic mass is 127. The molecule has 0 aromatic carbocycles. The SMILES string of the molecule is ClC1CCCC(I)CC1. The predicted molar refractivity (Wildman–Crippen MR) is 50.5 cm³/mol. The van der Waals surface area contributed by atoms with Gasteiger partial charge in [-0.25, -0.2) is 0 Å². The molecular weight excluding hydrogens is 246 g/mol. The van der Waals surface area contributed by atoms with Crippen molar-refractivity contribution in [3.63, 3.8) is 0 Å². The van der Waals surface area contributed by atoms with Gasteiger partial charge in [-0.3, -0.25) is 0 Å². The summed E-state index contributed by atoms with van der Waals surface area (Å²) in [6.07, 6.45) is 6.51. The Labute approximate surface area is 75.5 Å². The minimum atomic E-state index is 0.477. The second-order valence-corrected chi connectivity index (χ2v) is 5.08. The smallest absolute Gasteiger partial charge is 0.0336 e. The standard InChI is InChI=1S/C7H12ClI/c8-6-2-1-3-7(9)5-4-6/h6-7H,1-5H2. The number of rotatable bonds is 0. The molecule has 0 bridgehead atoms. The van der Waals surface area contributed by atoms with Crippen LogP contribution in [0.2, 0.25) is 0 Å². The Kier molecular flexibility index (Phi) is 3.62. The summed E-state index contributed by atoms with van der Waals surface area (Å²) >= 11 is 8.52. The first-order chi connectivity index (χ1) is 4.29. The highest BCUT2D eigenvalue weighted by Gasteiger charge is 2.13. The number of halogens is 2. The van der Waals surface area contributed by atoms with Crippen molar-refractivity contribution in [2.45, 2.75) is 41.4 Å². The van der Waals surface area contributed by atoms with Crippen LogP contribution in [0.25, 0.3) is 0 Å². The van der Waals surface area contributed by atoms with Crippen LogP contribution in [0.3, 0.4) is 0 Å². The minimum absolute atomic E-state index is 0.477. The first-order valence-corrected chi connectivity index (χ1v) is 5.25. The topological polar surface area (TPSA) is 0 Å². The van der Waals surface area contributed by atoms with Crippen LogP contribution in [0.15, 0.2) is 0 Å². The summed E-state index contributed by atoms with van der Waals surface area (Å²) in [4.78, 5) is 0. The second kappa shape index (κ2) is 4.02. The molecule has 0 aliphatic heterocycles. The normalized spacial score (nSPS) is 38.0. The van der Waals surface area contributed by atoms with Gasteiger partial charge in [0.2, 0.25) is 0 Å². The fourth-order valence-corrected chi connectivity index (χ4v) is 2.29. The molecule has 1 fully saturated rings. The van der Waals surface area contributed by atoms with Crippen LogP contribution in [-0.2, 0) is 0 Å². The Morgan fingerprint density at radius 3 is 2.67 bits per heavy atom. The second-order valence-electron chi connectivity index (χ2n) is 2.70. The van der Waals surface area contributed by atoms with E-state index in [0.717, 1.165) is 3.92 Å². The van der Waals surface area contributed by atoms with Crippen LogP contribution in [0, 0.1) is 0 Å². The van der Waals surface area contributed by atoms with Gasteiger partial charge in [0, 0.05) is 9.30 Å². The van der Waals surface area contributed by atoms with Crippen molar-refractivity contribution in [1.82, 2.24) is 0 Å². The van der Waals surface area contributed by atoms with Crippen LogP contribution < -0.4 is 0 Å². The molecule has 0 radical (unpaired) electrons. The van der Waals surface area contributed by atoms with Crippen molar-refractivity contribution in [2.24, 2.45) is 0 Å². The van der Waals surface area contributed by atoms with Crippen LogP contribution in [0.1, 0.15) is 32.1 Å². The Hall–Kier alpha value is 1.02. The van der Waals surface area contributed by atoms with Crippen LogP contribution >= 0.6 is 34.2 Å².